The Balaban J connectivity index is 2.00. The minimum atomic E-state index is -0.124. The lowest BCUT2D eigenvalue weighted by Crippen LogP contribution is -2.37. The van der Waals surface area contributed by atoms with E-state index in [9.17, 15) is 0 Å². The molecule has 1 N–H and O–H groups in total. The van der Waals surface area contributed by atoms with Crippen molar-refractivity contribution in [2.24, 2.45) is 0 Å². The van der Waals surface area contributed by atoms with E-state index in [2.05, 4.69) is 17.5 Å². The molecule has 1 atom stereocenters. The van der Waals surface area contributed by atoms with Gasteiger partial charge >= 0.3 is 0 Å². The zero-order valence-electron chi connectivity index (χ0n) is 8.29. The van der Waals surface area contributed by atoms with E-state index in [4.69, 9.17) is 16.3 Å². The van der Waals surface area contributed by atoms with Crippen LogP contribution in [0.4, 0.5) is 0 Å². The standard InChI is InChI=1S/C12H12ClNO/c13-10-1-2-11-9(7-10)3-4-12(15-11)5-6-14-8-12/h1-4,7,14H,5-6,8H2. The molecule has 15 heavy (non-hydrogen) atoms. The van der Waals surface area contributed by atoms with Crippen LogP contribution in [0.2, 0.25) is 5.02 Å². The highest BCUT2D eigenvalue weighted by molar-refractivity contribution is 6.30. The average Bonchev–Trinajstić information content (AvgIpc) is 2.67. The summed E-state index contributed by atoms with van der Waals surface area (Å²) in [7, 11) is 0. The second-order valence-electron chi connectivity index (χ2n) is 4.11. The van der Waals surface area contributed by atoms with Crippen molar-refractivity contribution >= 4 is 17.7 Å². The molecule has 0 radical (unpaired) electrons. The molecule has 0 aliphatic carbocycles. The molecule has 3 heteroatoms. The summed E-state index contributed by atoms with van der Waals surface area (Å²) in [6.45, 7) is 1.92. The van der Waals surface area contributed by atoms with Gasteiger partial charge in [0.15, 0.2) is 0 Å². The van der Waals surface area contributed by atoms with Gasteiger partial charge in [0.25, 0.3) is 0 Å². The Morgan fingerprint density at radius 2 is 2.33 bits per heavy atom. The lowest BCUT2D eigenvalue weighted by atomic mass is 9.97. The van der Waals surface area contributed by atoms with Gasteiger partial charge in [-0.3, -0.25) is 0 Å². The number of hydrogen-bond acceptors (Lipinski definition) is 2. The van der Waals surface area contributed by atoms with Crippen molar-refractivity contribution in [1.29, 1.82) is 0 Å². The van der Waals surface area contributed by atoms with Crippen LogP contribution in [0.15, 0.2) is 24.3 Å². The van der Waals surface area contributed by atoms with Gasteiger partial charge in [-0.15, -0.1) is 0 Å². The summed E-state index contributed by atoms with van der Waals surface area (Å²) in [5.41, 5.74) is 0.945. The van der Waals surface area contributed by atoms with E-state index in [1.54, 1.807) is 0 Å². The molecule has 2 aliphatic heterocycles. The molecule has 1 aromatic rings. The van der Waals surface area contributed by atoms with Crippen molar-refractivity contribution in [1.82, 2.24) is 5.32 Å². The van der Waals surface area contributed by atoms with E-state index in [0.717, 1.165) is 35.8 Å². The third kappa shape index (κ3) is 1.54. The van der Waals surface area contributed by atoms with E-state index >= 15 is 0 Å². The van der Waals surface area contributed by atoms with E-state index in [1.807, 2.05) is 18.2 Å². The smallest absolute Gasteiger partial charge is 0.141 e. The maximum atomic E-state index is 6.03. The van der Waals surface area contributed by atoms with Crippen molar-refractivity contribution in [3.05, 3.63) is 34.9 Å². The average molecular weight is 222 g/mol. The first-order valence-electron chi connectivity index (χ1n) is 5.16. The molecular formula is C12H12ClNO. The van der Waals surface area contributed by atoms with Gasteiger partial charge in [0.05, 0.1) is 0 Å². The number of halogens is 1. The number of nitrogens with one attached hydrogen (secondary N) is 1. The van der Waals surface area contributed by atoms with Gasteiger partial charge < -0.3 is 10.1 Å². The van der Waals surface area contributed by atoms with Crippen LogP contribution in [0.25, 0.3) is 6.08 Å². The van der Waals surface area contributed by atoms with Crippen LogP contribution in [-0.4, -0.2) is 18.7 Å². The van der Waals surface area contributed by atoms with E-state index in [1.165, 1.54) is 0 Å². The Hall–Kier alpha value is -0.990. The predicted molar refractivity (Wildman–Crippen MR) is 61.3 cm³/mol. The SMILES string of the molecule is Clc1ccc2c(c1)C=CC1(CCNC1)O2. The molecule has 2 heterocycles. The fourth-order valence-corrected chi connectivity index (χ4v) is 2.34. The lowest BCUT2D eigenvalue weighted by molar-refractivity contribution is 0.139. The Morgan fingerprint density at radius 3 is 3.13 bits per heavy atom. The highest BCUT2D eigenvalue weighted by atomic mass is 35.5. The van der Waals surface area contributed by atoms with Gasteiger partial charge in [-0.05, 0) is 30.8 Å². The third-order valence-electron chi connectivity index (χ3n) is 3.00. The van der Waals surface area contributed by atoms with Gasteiger partial charge in [-0.2, -0.15) is 0 Å². The number of ether oxygens (including phenoxy) is 1. The minimum Gasteiger partial charge on any atom is -0.481 e. The van der Waals surface area contributed by atoms with Crippen molar-refractivity contribution in [2.75, 3.05) is 13.1 Å². The minimum absolute atomic E-state index is 0.124. The first-order valence-corrected chi connectivity index (χ1v) is 5.54. The third-order valence-corrected chi connectivity index (χ3v) is 3.24. The van der Waals surface area contributed by atoms with Gasteiger partial charge in [0, 0.05) is 23.6 Å². The van der Waals surface area contributed by atoms with Crippen molar-refractivity contribution in [2.45, 2.75) is 12.0 Å². The van der Waals surface area contributed by atoms with E-state index in [0.29, 0.717) is 0 Å². The largest absolute Gasteiger partial charge is 0.481 e. The molecule has 2 nitrogen and oxygen atoms in total. The summed E-state index contributed by atoms with van der Waals surface area (Å²) < 4.78 is 6.03. The van der Waals surface area contributed by atoms with Crippen molar-refractivity contribution < 1.29 is 4.74 Å². The quantitative estimate of drug-likeness (QED) is 0.727. The summed E-state index contributed by atoms with van der Waals surface area (Å²) in [5, 5.41) is 4.07. The highest BCUT2D eigenvalue weighted by Crippen LogP contribution is 2.35. The Kier molecular flexibility index (Phi) is 2.01. The topological polar surface area (TPSA) is 21.3 Å². The van der Waals surface area contributed by atoms with Crippen LogP contribution < -0.4 is 10.1 Å². The molecule has 2 aliphatic rings. The van der Waals surface area contributed by atoms with Gasteiger partial charge in [-0.1, -0.05) is 17.7 Å². The van der Waals surface area contributed by atoms with Gasteiger partial charge in [0.2, 0.25) is 0 Å². The van der Waals surface area contributed by atoms with Crippen LogP contribution in [0, 0.1) is 0 Å². The fourth-order valence-electron chi connectivity index (χ4n) is 2.15. The summed E-state index contributed by atoms with van der Waals surface area (Å²) in [5.74, 6) is 0.936. The normalized spacial score (nSPS) is 27.8. The molecule has 1 saturated heterocycles. The Bertz CT molecular complexity index is 422. The summed E-state index contributed by atoms with van der Waals surface area (Å²) >= 11 is 5.93. The van der Waals surface area contributed by atoms with E-state index in [-0.39, 0.29) is 5.60 Å². The zero-order chi connectivity index (χ0) is 10.3. The molecule has 78 valence electrons. The molecule has 0 saturated carbocycles. The zero-order valence-corrected chi connectivity index (χ0v) is 9.05. The van der Waals surface area contributed by atoms with Crippen LogP contribution >= 0.6 is 11.6 Å². The molecule has 0 bridgehead atoms. The highest BCUT2D eigenvalue weighted by Gasteiger charge is 2.35. The summed E-state index contributed by atoms with van der Waals surface area (Å²) in [6.07, 6.45) is 5.29. The number of rotatable bonds is 0. The summed E-state index contributed by atoms with van der Waals surface area (Å²) in [4.78, 5) is 0. The molecular weight excluding hydrogens is 210 g/mol. The first kappa shape index (κ1) is 9.25. The maximum Gasteiger partial charge on any atom is 0.141 e. The molecule has 0 amide bonds. The number of fused-ring (bicyclic) bond motifs is 1. The van der Waals surface area contributed by atoms with Crippen molar-refractivity contribution in [3.63, 3.8) is 0 Å². The summed E-state index contributed by atoms with van der Waals surface area (Å²) in [6, 6.07) is 5.75. The van der Waals surface area contributed by atoms with Crippen LogP contribution in [-0.2, 0) is 0 Å². The molecule has 1 unspecified atom stereocenters. The monoisotopic (exact) mass is 221 g/mol. The van der Waals surface area contributed by atoms with Crippen LogP contribution in [0.5, 0.6) is 5.75 Å². The molecule has 1 spiro atoms. The van der Waals surface area contributed by atoms with Crippen LogP contribution in [0.3, 0.4) is 0 Å². The predicted octanol–water partition coefficient (Wildman–Crippen LogP) is 2.48. The first-order chi connectivity index (χ1) is 7.27. The Morgan fingerprint density at radius 1 is 1.40 bits per heavy atom. The molecule has 1 aromatic carbocycles. The van der Waals surface area contributed by atoms with Crippen molar-refractivity contribution in [3.8, 4) is 5.75 Å². The van der Waals surface area contributed by atoms with E-state index < -0.39 is 0 Å². The second kappa shape index (κ2) is 3.26. The number of hydrogen-bond donors (Lipinski definition) is 1. The number of benzene rings is 1. The second-order valence-corrected chi connectivity index (χ2v) is 4.55. The van der Waals surface area contributed by atoms with Crippen LogP contribution in [0.1, 0.15) is 12.0 Å². The molecule has 1 fully saturated rings. The molecule has 3 rings (SSSR count). The fraction of sp³-hybridized carbons (Fsp3) is 0.333. The Labute approximate surface area is 93.9 Å². The van der Waals surface area contributed by atoms with Gasteiger partial charge in [-0.25, -0.2) is 0 Å². The lowest BCUT2D eigenvalue weighted by Gasteiger charge is -2.30. The van der Waals surface area contributed by atoms with Gasteiger partial charge in [0.1, 0.15) is 11.4 Å². The maximum absolute atomic E-state index is 6.03. The molecule has 0 aromatic heterocycles.